The van der Waals surface area contributed by atoms with E-state index in [2.05, 4.69) is 17.3 Å². The second-order valence-corrected chi connectivity index (χ2v) is 4.00. The van der Waals surface area contributed by atoms with Crippen LogP contribution in [0.3, 0.4) is 0 Å². The van der Waals surface area contributed by atoms with Crippen LogP contribution in [0.1, 0.15) is 24.4 Å². The van der Waals surface area contributed by atoms with Crippen LogP contribution in [0, 0.1) is 6.92 Å². The van der Waals surface area contributed by atoms with Crippen LogP contribution in [0.5, 0.6) is 0 Å². The van der Waals surface area contributed by atoms with Crippen LogP contribution >= 0.6 is 0 Å². The predicted molar refractivity (Wildman–Crippen MR) is 62.1 cm³/mol. The van der Waals surface area contributed by atoms with Gasteiger partial charge in [-0.25, -0.2) is 0 Å². The number of nitrogens with one attached hydrogen (secondary N) is 1. The molecule has 1 atom stereocenters. The highest BCUT2D eigenvalue weighted by Crippen LogP contribution is 2.05. The molecule has 0 aliphatic rings. The topological polar surface area (TPSA) is 43.0 Å². The Balaban J connectivity index is 1.78. The monoisotopic (exact) mass is 219 g/mol. The van der Waals surface area contributed by atoms with Crippen LogP contribution in [0.4, 0.5) is 0 Å². The molecule has 0 fully saturated rings. The smallest absolute Gasteiger partial charge is 0.117 e. The molecule has 2 heterocycles. The van der Waals surface area contributed by atoms with Crippen molar-refractivity contribution in [3.63, 3.8) is 0 Å². The molecular formula is C12H17N3O. The predicted octanol–water partition coefficient (Wildman–Crippen LogP) is 2.14. The van der Waals surface area contributed by atoms with E-state index in [1.165, 1.54) is 0 Å². The van der Waals surface area contributed by atoms with Gasteiger partial charge in [-0.2, -0.15) is 5.10 Å². The van der Waals surface area contributed by atoms with Gasteiger partial charge >= 0.3 is 0 Å². The molecule has 0 bridgehead atoms. The zero-order valence-corrected chi connectivity index (χ0v) is 9.68. The third kappa shape index (κ3) is 2.73. The molecule has 1 N–H and O–H groups in total. The van der Waals surface area contributed by atoms with Crippen molar-refractivity contribution in [2.24, 2.45) is 0 Å². The molecule has 0 radical (unpaired) electrons. The molecule has 0 aliphatic heterocycles. The van der Waals surface area contributed by atoms with Crippen molar-refractivity contribution in [3.05, 3.63) is 42.1 Å². The average Bonchev–Trinajstić information content (AvgIpc) is 2.89. The molecule has 16 heavy (non-hydrogen) atoms. The van der Waals surface area contributed by atoms with Crippen molar-refractivity contribution in [2.45, 2.75) is 26.4 Å². The summed E-state index contributed by atoms with van der Waals surface area (Å²) in [6.07, 6.45) is 3.70. The molecular weight excluding hydrogens is 202 g/mol. The molecule has 0 saturated carbocycles. The molecule has 0 aliphatic carbocycles. The summed E-state index contributed by atoms with van der Waals surface area (Å²) in [6, 6.07) is 6.24. The molecule has 2 rings (SSSR count). The Hall–Kier alpha value is -1.55. The van der Waals surface area contributed by atoms with Gasteiger partial charge in [0.1, 0.15) is 5.76 Å². The molecule has 2 aromatic rings. The maximum absolute atomic E-state index is 5.24. The molecule has 0 spiro atoms. The lowest BCUT2D eigenvalue weighted by Gasteiger charge is -2.12. The van der Waals surface area contributed by atoms with Crippen LogP contribution < -0.4 is 5.32 Å². The first kappa shape index (κ1) is 11.0. The molecule has 86 valence electrons. The largest absolute Gasteiger partial charge is 0.468 e. The van der Waals surface area contributed by atoms with Crippen LogP contribution in [0.25, 0.3) is 0 Å². The van der Waals surface area contributed by atoms with Gasteiger partial charge in [-0.1, -0.05) is 0 Å². The second kappa shape index (κ2) is 4.99. The van der Waals surface area contributed by atoms with Crippen LogP contribution in [0.15, 0.2) is 35.1 Å². The van der Waals surface area contributed by atoms with Gasteiger partial charge < -0.3 is 9.73 Å². The van der Waals surface area contributed by atoms with Crippen molar-refractivity contribution < 1.29 is 4.42 Å². The summed E-state index contributed by atoms with van der Waals surface area (Å²) in [6.45, 7) is 5.78. The van der Waals surface area contributed by atoms with Crippen LogP contribution in [0.2, 0.25) is 0 Å². The Labute approximate surface area is 95.3 Å². The van der Waals surface area contributed by atoms with Crippen molar-refractivity contribution >= 4 is 0 Å². The fourth-order valence-corrected chi connectivity index (χ4v) is 1.59. The van der Waals surface area contributed by atoms with Crippen molar-refractivity contribution in [1.29, 1.82) is 0 Å². The standard InChI is InChI=1S/C12H17N3O/c1-10-5-6-15(14-10)11(2)8-13-9-12-4-3-7-16-12/h3-7,11,13H,8-9H2,1-2H3. The summed E-state index contributed by atoms with van der Waals surface area (Å²) in [7, 11) is 0. The molecule has 4 heteroatoms. The summed E-state index contributed by atoms with van der Waals surface area (Å²) >= 11 is 0. The van der Waals surface area contributed by atoms with Gasteiger partial charge in [0.15, 0.2) is 0 Å². The minimum Gasteiger partial charge on any atom is -0.468 e. The zero-order valence-electron chi connectivity index (χ0n) is 9.68. The summed E-state index contributed by atoms with van der Waals surface area (Å²) in [5.74, 6) is 0.962. The van der Waals surface area contributed by atoms with Gasteiger partial charge in [-0.05, 0) is 32.0 Å². The molecule has 0 saturated heterocycles. The van der Waals surface area contributed by atoms with Gasteiger partial charge in [-0.3, -0.25) is 4.68 Å². The molecule has 0 aromatic carbocycles. The molecule has 0 amide bonds. The summed E-state index contributed by atoms with van der Waals surface area (Å²) < 4.78 is 7.22. The van der Waals surface area contributed by atoms with E-state index in [1.807, 2.05) is 36.0 Å². The Morgan fingerprint density at radius 3 is 3.00 bits per heavy atom. The zero-order chi connectivity index (χ0) is 11.4. The number of hydrogen-bond donors (Lipinski definition) is 1. The molecule has 2 aromatic heterocycles. The maximum atomic E-state index is 5.24. The summed E-state index contributed by atoms with van der Waals surface area (Å²) in [5.41, 5.74) is 1.05. The first-order chi connectivity index (χ1) is 7.75. The van der Waals surface area contributed by atoms with Crippen molar-refractivity contribution in [2.75, 3.05) is 6.54 Å². The Morgan fingerprint density at radius 1 is 1.50 bits per heavy atom. The van der Waals surface area contributed by atoms with E-state index in [-0.39, 0.29) is 0 Å². The SMILES string of the molecule is Cc1ccn(C(C)CNCc2ccco2)n1. The normalized spacial score (nSPS) is 12.9. The third-order valence-corrected chi connectivity index (χ3v) is 2.51. The van der Waals surface area contributed by atoms with Crippen LogP contribution in [-0.4, -0.2) is 16.3 Å². The van der Waals surface area contributed by atoms with Gasteiger partial charge in [0.25, 0.3) is 0 Å². The Kier molecular flexibility index (Phi) is 3.41. The highest BCUT2D eigenvalue weighted by atomic mass is 16.3. The number of furan rings is 1. The van der Waals surface area contributed by atoms with E-state index < -0.39 is 0 Å². The van der Waals surface area contributed by atoms with Gasteiger partial charge in [-0.15, -0.1) is 0 Å². The summed E-state index contributed by atoms with van der Waals surface area (Å²) in [4.78, 5) is 0. The first-order valence-electron chi connectivity index (χ1n) is 5.50. The van der Waals surface area contributed by atoms with Gasteiger partial charge in [0.05, 0.1) is 24.5 Å². The summed E-state index contributed by atoms with van der Waals surface area (Å²) in [5, 5.41) is 7.72. The lowest BCUT2D eigenvalue weighted by atomic mass is 10.3. The number of aromatic nitrogens is 2. The fraction of sp³-hybridized carbons (Fsp3) is 0.417. The third-order valence-electron chi connectivity index (χ3n) is 2.51. The van der Waals surface area contributed by atoms with E-state index in [9.17, 15) is 0 Å². The molecule has 4 nitrogen and oxygen atoms in total. The number of rotatable bonds is 5. The number of aryl methyl sites for hydroxylation is 1. The highest BCUT2D eigenvalue weighted by molar-refractivity contribution is 4.98. The fourth-order valence-electron chi connectivity index (χ4n) is 1.59. The Bertz CT molecular complexity index is 419. The van der Waals surface area contributed by atoms with Crippen LogP contribution in [-0.2, 0) is 6.54 Å². The average molecular weight is 219 g/mol. The first-order valence-corrected chi connectivity index (χ1v) is 5.50. The van der Waals surface area contributed by atoms with E-state index in [1.54, 1.807) is 6.26 Å². The van der Waals surface area contributed by atoms with E-state index in [0.29, 0.717) is 6.04 Å². The quantitative estimate of drug-likeness (QED) is 0.837. The second-order valence-electron chi connectivity index (χ2n) is 4.00. The van der Waals surface area contributed by atoms with Crippen molar-refractivity contribution in [1.82, 2.24) is 15.1 Å². The highest BCUT2D eigenvalue weighted by Gasteiger charge is 2.05. The van der Waals surface area contributed by atoms with E-state index >= 15 is 0 Å². The number of nitrogens with zero attached hydrogens (tertiary/aromatic N) is 2. The Morgan fingerprint density at radius 2 is 2.38 bits per heavy atom. The van der Waals surface area contributed by atoms with Crippen molar-refractivity contribution in [3.8, 4) is 0 Å². The lowest BCUT2D eigenvalue weighted by Crippen LogP contribution is -2.23. The van der Waals surface area contributed by atoms with E-state index in [0.717, 1.165) is 24.5 Å². The number of hydrogen-bond acceptors (Lipinski definition) is 3. The minimum absolute atomic E-state index is 0.351. The van der Waals surface area contributed by atoms with Gasteiger partial charge in [0.2, 0.25) is 0 Å². The minimum atomic E-state index is 0.351. The maximum Gasteiger partial charge on any atom is 0.117 e. The lowest BCUT2D eigenvalue weighted by molar-refractivity contribution is 0.426. The molecule has 1 unspecified atom stereocenters. The van der Waals surface area contributed by atoms with E-state index in [4.69, 9.17) is 4.42 Å². The van der Waals surface area contributed by atoms with Gasteiger partial charge in [0, 0.05) is 12.7 Å².